The first-order valence-electron chi connectivity index (χ1n) is 8.67. The Bertz CT molecular complexity index is 352. The second-order valence-corrected chi connectivity index (χ2v) is 7.60. The number of hydrogen-bond donors (Lipinski definition) is 1. The molecule has 122 valence electrons. The molecule has 0 aromatic heterocycles. The quantitative estimate of drug-likeness (QED) is 0.846. The van der Waals surface area contributed by atoms with E-state index in [9.17, 15) is 4.79 Å². The molecule has 0 aromatic carbocycles. The summed E-state index contributed by atoms with van der Waals surface area (Å²) in [5, 5.41) is 0. The third-order valence-corrected chi connectivity index (χ3v) is 5.27. The predicted molar refractivity (Wildman–Crippen MR) is 87.1 cm³/mol. The zero-order valence-electron chi connectivity index (χ0n) is 14.1. The minimum atomic E-state index is -0.605. The summed E-state index contributed by atoms with van der Waals surface area (Å²) in [6, 6.07) is 0.426. The average molecular weight is 295 g/mol. The van der Waals surface area contributed by atoms with E-state index in [2.05, 4.69) is 30.8 Å². The molecule has 0 aliphatic heterocycles. The van der Waals surface area contributed by atoms with Crippen LogP contribution in [0.1, 0.15) is 58.3 Å². The molecule has 0 saturated heterocycles. The highest BCUT2D eigenvalue weighted by molar-refractivity contribution is 5.86. The average Bonchev–Trinajstić information content (AvgIpc) is 2.92. The minimum absolute atomic E-state index is 0.225. The zero-order chi connectivity index (χ0) is 15.5. The maximum atomic E-state index is 13.1. The molecule has 0 aromatic rings. The molecule has 0 spiro atoms. The Balaban J connectivity index is 2.08. The summed E-state index contributed by atoms with van der Waals surface area (Å²) in [7, 11) is 4.14. The Morgan fingerprint density at radius 1 is 1.14 bits per heavy atom. The highest BCUT2D eigenvalue weighted by Crippen LogP contribution is 2.34. The van der Waals surface area contributed by atoms with E-state index in [4.69, 9.17) is 5.73 Å². The molecule has 0 heterocycles. The van der Waals surface area contributed by atoms with Crippen molar-refractivity contribution in [3.63, 3.8) is 0 Å². The Hall–Kier alpha value is -0.610. The predicted octanol–water partition coefficient (Wildman–Crippen LogP) is 2.23. The van der Waals surface area contributed by atoms with Crippen LogP contribution in [0.25, 0.3) is 0 Å². The summed E-state index contributed by atoms with van der Waals surface area (Å²) in [6.45, 7) is 3.98. The molecule has 2 saturated carbocycles. The van der Waals surface area contributed by atoms with Crippen LogP contribution in [0.15, 0.2) is 0 Å². The van der Waals surface area contributed by atoms with Crippen LogP contribution in [0.3, 0.4) is 0 Å². The van der Waals surface area contributed by atoms with Crippen molar-refractivity contribution in [2.45, 2.75) is 69.9 Å². The number of nitrogens with zero attached hydrogens (tertiary/aromatic N) is 2. The van der Waals surface area contributed by atoms with Crippen LogP contribution in [0, 0.1) is 5.92 Å². The maximum absolute atomic E-state index is 13.1. The van der Waals surface area contributed by atoms with Crippen molar-refractivity contribution < 1.29 is 4.79 Å². The Morgan fingerprint density at radius 2 is 1.81 bits per heavy atom. The van der Waals surface area contributed by atoms with Crippen molar-refractivity contribution >= 4 is 5.91 Å². The van der Waals surface area contributed by atoms with Crippen molar-refractivity contribution in [2.24, 2.45) is 11.7 Å². The van der Waals surface area contributed by atoms with E-state index in [1.165, 1.54) is 19.3 Å². The van der Waals surface area contributed by atoms with Gasteiger partial charge in [-0.15, -0.1) is 0 Å². The summed E-state index contributed by atoms with van der Waals surface area (Å²) in [4.78, 5) is 17.4. The third-order valence-electron chi connectivity index (χ3n) is 5.27. The van der Waals surface area contributed by atoms with E-state index in [1.54, 1.807) is 0 Å². The molecule has 4 heteroatoms. The van der Waals surface area contributed by atoms with Crippen LogP contribution in [0.4, 0.5) is 0 Å². The van der Waals surface area contributed by atoms with Gasteiger partial charge in [0.25, 0.3) is 0 Å². The van der Waals surface area contributed by atoms with Gasteiger partial charge < -0.3 is 15.5 Å². The summed E-state index contributed by atoms with van der Waals surface area (Å²) >= 11 is 0. The van der Waals surface area contributed by atoms with Gasteiger partial charge in [0, 0.05) is 19.1 Å². The molecule has 2 N–H and O–H groups in total. The molecule has 1 amide bonds. The second-order valence-electron chi connectivity index (χ2n) is 7.60. The molecule has 0 radical (unpaired) electrons. The lowest BCUT2D eigenvalue weighted by molar-refractivity contribution is -0.141. The Morgan fingerprint density at radius 3 is 2.38 bits per heavy atom. The number of amides is 1. The molecule has 2 atom stereocenters. The van der Waals surface area contributed by atoms with E-state index < -0.39 is 5.54 Å². The smallest absolute Gasteiger partial charge is 0.242 e. The van der Waals surface area contributed by atoms with Crippen LogP contribution in [-0.2, 0) is 4.79 Å². The van der Waals surface area contributed by atoms with Gasteiger partial charge in [0.05, 0.1) is 5.54 Å². The van der Waals surface area contributed by atoms with Crippen LogP contribution >= 0.6 is 0 Å². The first-order chi connectivity index (χ1) is 9.92. The van der Waals surface area contributed by atoms with E-state index in [0.29, 0.717) is 12.0 Å². The first kappa shape index (κ1) is 16.8. The van der Waals surface area contributed by atoms with E-state index in [0.717, 1.165) is 45.2 Å². The highest BCUT2D eigenvalue weighted by Gasteiger charge is 2.42. The molecule has 2 rings (SSSR count). The second kappa shape index (κ2) is 7.10. The van der Waals surface area contributed by atoms with Gasteiger partial charge in [-0.2, -0.15) is 0 Å². The number of likely N-dealkylation sites (N-methyl/N-ethyl adjacent to an activating group) is 1. The molecule has 4 nitrogen and oxygen atoms in total. The Labute approximate surface area is 130 Å². The molecule has 2 aliphatic rings. The molecular weight excluding hydrogens is 262 g/mol. The summed E-state index contributed by atoms with van der Waals surface area (Å²) < 4.78 is 0. The van der Waals surface area contributed by atoms with Gasteiger partial charge in [-0.25, -0.2) is 0 Å². The van der Waals surface area contributed by atoms with Crippen LogP contribution in [0.5, 0.6) is 0 Å². The zero-order valence-corrected chi connectivity index (χ0v) is 14.1. The fourth-order valence-corrected chi connectivity index (χ4v) is 4.05. The maximum Gasteiger partial charge on any atom is 0.242 e. The van der Waals surface area contributed by atoms with E-state index in [1.807, 2.05) is 0 Å². The van der Waals surface area contributed by atoms with Gasteiger partial charge >= 0.3 is 0 Å². The summed E-state index contributed by atoms with van der Waals surface area (Å²) in [6.07, 6.45) is 8.85. The van der Waals surface area contributed by atoms with Crippen molar-refractivity contribution in [3.8, 4) is 0 Å². The molecule has 2 unspecified atom stereocenters. The standard InChI is InChI=1S/C17H33N3O/c1-14-7-6-10-17(18,13-14)16(21)20(12-11-19(2)3)15-8-4-5-9-15/h14-15H,4-13,18H2,1-3H3. The lowest BCUT2D eigenvalue weighted by atomic mass is 9.76. The van der Waals surface area contributed by atoms with E-state index in [-0.39, 0.29) is 5.91 Å². The lowest BCUT2D eigenvalue weighted by Crippen LogP contribution is -2.60. The first-order valence-corrected chi connectivity index (χ1v) is 8.67. The lowest BCUT2D eigenvalue weighted by Gasteiger charge is -2.41. The summed E-state index contributed by atoms with van der Waals surface area (Å²) in [5.41, 5.74) is 5.96. The topological polar surface area (TPSA) is 49.6 Å². The van der Waals surface area contributed by atoms with Crippen molar-refractivity contribution in [1.29, 1.82) is 0 Å². The number of carbonyl (C=O) groups is 1. The molecule has 21 heavy (non-hydrogen) atoms. The van der Waals surface area contributed by atoms with Crippen LogP contribution in [-0.4, -0.2) is 54.5 Å². The summed E-state index contributed by atoms with van der Waals surface area (Å²) in [5.74, 6) is 0.801. The monoisotopic (exact) mass is 295 g/mol. The number of hydrogen-bond acceptors (Lipinski definition) is 3. The van der Waals surface area contributed by atoms with Crippen molar-refractivity contribution in [3.05, 3.63) is 0 Å². The molecular formula is C17H33N3O. The molecule has 2 fully saturated rings. The number of nitrogens with two attached hydrogens (primary N) is 1. The fraction of sp³-hybridized carbons (Fsp3) is 0.941. The number of carbonyl (C=O) groups excluding carboxylic acids is 1. The largest absolute Gasteiger partial charge is 0.337 e. The van der Waals surface area contributed by atoms with Crippen LogP contribution in [0.2, 0.25) is 0 Å². The number of rotatable bonds is 5. The van der Waals surface area contributed by atoms with Crippen molar-refractivity contribution in [2.75, 3.05) is 27.2 Å². The molecule has 2 aliphatic carbocycles. The van der Waals surface area contributed by atoms with Crippen LogP contribution < -0.4 is 5.73 Å². The van der Waals surface area contributed by atoms with Gasteiger partial charge in [-0.1, -0.05) is 32.6 Å². The highest BCUT2D eigenvalue weighted by atomic mass is 16.2. The molecule has 0 bridgehead atoms. The SMILES string of the molecule is CC1CCCC(N)(C(=O)N(CCN(C)C)C2CCCC2)C1. The van der Waals surface area contributed by atoms with Gasteiger partial charge in [0.2, 0.25) is 5.91 Å². The minimum Gasteiger partial charge on any atom is -0.337 e. The van der Waals surface area contributed by atoms with E-state index >= 15 is 0 Å². The third kappa shape index (κ3) is 4.19. The van der Waals surface area contributed by atoms with Gasteiger partial charge in [0.1, 0.15) is 0 Å². The normalized spacial score (nSPS) is 30.8. The van der Waals surface area contributed by atoms with Gasteiger partial charge in [-0.3, -0.25) is 4.79 Å². The fourth-order valence-electron chi connectivity index (χ4n) is 4.05. The van der Waals surface area contributed by atoms with Gasteiger partial charge in [-0.05, 0) is 45.7 Å². The van der Waals surface area contributed by atoms with Crippen molar-refractivity contribution in [1.82, 2.24) is 9.80 Å². The van der Waals surface area contributed by atoms with Gasteiger partial charge in [0.15, 0.2) is 0 Å². The Kier molecular flexibility index (Phi) is 5.67.